The summed E-state index contributed by atoms with van der Waals surface area (Å²) in [6.07, 6.45) is 0.302. The lowest BCUT2D eigenvalue weighted by Crippen LogP contribution is -2.39. The van der Waals surface area contributed by atoms with Gasteiger partial charge in [0.05, 0.1) is 6.42 Å². The van der Waals surface area contributed by atoms with E-state index in [4.69, 9.17) is 5.84 Å². The average Bonchev–Trinajstić information content (AvgIpc) is 2.17. The van der Waals surface area contributed by atoms with Crippen molar-refractivity contribution in [3.05, 3.63) is 0 Å². The van der Waals surface area contributed by atoms with Crippen LogP contribution in [0.4, 0.5) is 0 Å². The molecule has 0 aromatic heterocycles. The van der Waals surface area contributed by atoms with E-state index in [1.807, 2.05) is 5.59 Å². The van der Waals surface area contributed by atoms with Crippen molar-refractivity contribution in [3.63, 3.8) is 0 Å². The van der Waals surface area contributed by atoms with E-state index in [1.165, 1.54) is 0 Å². The van der Waals surface area contributed by atoms with Gasteiger partial charge in [-0.15, -0.1) is 0 Å². The first-order valence-electron chi connectivity index (χ1n) is 4.45. The van der Waals surface area contributed by atoms with Crippen LogP contribution in [-0.2, 0) is 20.4 Å². The number of hydrazine groups is 1. The molecule has 82 valence electrons. The van der Waals surface area contributed by atoms with Crippen LogP contribution in [-0.4, -0.2) is 46.2 Å². The molecule has 0 atom stereocenters. The van der Waals surface area contributed by atoms with Gasteiger partial charge in [-0.1, -0.05) is 5.59 Å². The molecule has 6 nitrogen and oxygen atoms in total. The minimum atomic E-state index is -0.669. The number of nitrogens with two attached hydrogens (primary N) is 1. The highest BCUT2D eigenvalue weighted by molar-refractivity contribution is 7.85. The largest absolute Gasteiger partial charge is 0.356 e. The van der Waals surface area contributed by atoms with Crippen molar-refractivity contribution in [2.45, 2.75) is 6.42 Å². The van der Waals surface area contributed by atoms with Gasteiger partial charge in [-0.3, -0.25) is 9.00 Å². The molecule has 0 radical (unpaired) electrons. The normalized spacial score (nSPS) is 19.5. The van der Waals surface area contributed by atoms with Crippen LogP contribution in [0.15, 0.2) is 0 Å². The smallest absolute Gasteiger partial charge is 0.327 e. The van der Waals surface area contributed by atoms with Gasteiger partial charge >= 0.3 is 5.97 Å². The molecule has 1 heterocycles. The van der Waals surface area contributed by atoms with E-state index in [0.717, 1.165) is 13.1 Å². The maximum absolute atomic E-state index is 11.0. The second-order valence-electron chi connectivity index (χ2n) is 3.03. The summed E-state index contributed by atoms with van der Waals surface area (Å²) in [4.78, 5) is 17.4. The first kappa shape index (κ1) is 11.6. The van der Waals surface area contributed by atoms with Gasteiger partial charge in [-0.05, 0) is 0 Å². The van der Waals surface area contributed by atoms with Crippen molar-refractivity contribution < 1.29 is 13.8 Å². The fourth-order valence-electron chi connectivity index (χ4n) is 1.27. The molecule has 1 saturated heterocycles. The summed E-state index contributed by atoms with van der Waals surface area (Å²) in [6, 6.07) is 0. The number of hydrogen-bond acceptors (Lipinski definition) is 6. The van der Waals surface area contributed by atoms with E-state index in [0.29, 0.717) is 24.5 Å². The van der Waals surface area contributed by atoms with Crippen molar-refractivity contribution in [1.82, 2.24) is 10.5 Å². The van der Waals surface area contributed by atoms with E-state index in [9.17, 15) is 9.00 Å². The molecule has 0 saturated carbocycles. The van der Waals surface area contributed by atoms with Crippen molar-refractivity contribution in [3.8, 4) is 0 Å². The van der Waals surface area contributed by atoms with E-state index in [2.05, 4.69) is 9.74 Å². The van der Waals surface area contributed by atoms with E-state index >= 15 is 0 Å². The molecule has 0 aliphatic carbocycles. The second-order valence-corrected chi connectivity index (χ2v) is 4.73. The van der Waals surface area contributed by atoms with Crippen LogP contribution in [0.25, 0.3) is 0 Å². The average molecular weight is 221 g/mol. The van der Waals surface area contributed by atoms with Crippen LogP contribution in [0.1, 0.15) is 6.42 Å². The fraction of sp³-hybridized carbons (Fsp3) is 0.857. The van der Waals surface area contributed by atoms with E-state index in [-0.39, 0.29) is 5.97 Å². The summed E-state index contributed by atoms with van der Waals surface area (Å²) < 4.78 is 11.0. The fourth-order valence-corrected chi connectivity index (χ4v) is 2.39. The summed E-state index contributed by atoms with van der Waals surface area (Å²) in [7, 11) is -0.669. The van der Waals surface area contributed by atoms with Crippen LogP contribution in [0, 0.1) is 0 Å². The summed E-state index contributed by atoms with van der Waals surface area (Å²) >= 11 is 0. The SMILES string of the molecule is NNOC(=O)CCN1CCS(=O)CC1. The van der Waals surface area contributed by atoms with Crippen molar-refractivity contribution >= 4 is 16.8 Å². The molecule has 1 rings (SSSR count). The Kier molecular flexibility index (Phi) is 5.02. The lowest BCUT2D eigenvalue weighted by atomic mass is 10.4. The Bertz CT molecular complexity index is 214. The van der Waals surface area contributed by atoms with Crippen LogP contribution < -0.4 is 11.4 Å². The number of carbonyl (C=O) groups is 1. The Balaban J connectivity index is 2.12. The lowest BCUT2D eigenvalue weighted by molar-refractivity contribution is -0.151. The number of nitrogens with one attached hydrogen (secondary N) is 1. The predicted octanol–water partition coefficient (Wildman–Crippen LogP) is -1.64. The molecule has 0 aromatic rings. The van der Waals surface area contributed by atoms with Gasteiger partial charge in [0.25, 0.3) is 0 Å². The third-order valence-corrected chi connectivity index (χ3v) is 3.35. The molecule has 1 fully saturated rings. The van der Waals surface area contributed by atoms with Gasteiger partial charge < -0.3 is 9.74 Å². The van der Waals surface area contributed by atoms with E-state index in [1.54, 1.807) is 0 Å². The molecule has 7 heteroatoms. The third kappa shape index (κ3) is 4.14. The molecule has 0 aromatic carbocycles. The maximum atomic E-state index is 11.0. The quantitative estimate of drug-likeness (QED) is 0.437. The van der Waals surface area contributed by atoms with Crippen molar-refractivity contribution in [1.29, 1.82) is 0 Å². The minimum Gasteiger partial charge on any atom is -0.356 e. The number of carbonyl (C=O) groups excluding carboxylic acids is 1. The Labute approximate surface area is 85.1 Å². The van der Waals surface area contributed by atoms with Crippen LogP contribution >= 0.6 is 0 Å². The van der Waals surface area contributed by atoms with E-state index < -0.39 is 10.8 Å². The van der Waals surface area contributed by atoms with Gasteiger partial charge in [-0.2, -0.15) is 0 Å². The summed E-state index contributed by atoms with van der Waals surface area (Å²) in [5.41, 5.74) is 1.85. The molecule has 0 amide bonds. The molecule has 0 bridgehead atoms. The first-order valence-corrected chi connectivity index (χ1v) is 5.94. The number of hydrogen-bond donors (Lipinski definition) is 2. The molecule has 0 spiro atoms. The molecular weight excluding hydrogens is 206 g/mol. The monoisotopic (exact) mass is 221 g/mol. The number of rotatable bonds is 4. The Morgan fingerprint density at radius 2 is 2.14 bits per heavy atom. The summed E-state index contributed by atoms with van der Waals surface area (Å²) in [6.45, 7) is 2.21. The Morgan fingerprint density at radius 1 is 1.50 bits per heavy atom. The van der Waals surface area contributed by atoms with Gasteiger partial charge in [0.1, 0.15) is 0 Å². The van der Waals surface area contributed by atoms with Gasteiger partial charge in [0.15, 0.2) is 0 Å². The molecule has 1 aliphatic rings. The topological polar surface area (TPSA) is 84.7 Å². The van der Waals surface area contributed by atoms with Crippen LogP contribution in [0.3, 0.4) is 0 Å². The zero-order chi connectivity index (χ0) is 10.4. The molecule has 14 heavy (non-hydrogen) atoms. The number of nitrogens with zero attached hydrogens (tertiary/aromatic N) is 1. The molecular formula is C7H15N3O3S. The predicted molar refractivity (Wildman–Crippen MR) is 52.3 cm³/mol. The lowest BCUT2D eigenvalue weighted by Gasteiger charge is -2.25. The highest BCUT2D eigenvalue weighted by Gasteiger charge is 2.15. The van der Waals surface area contributed by atoms with Gasteiger partial charge in [0.2, 0.25) is 0 Å². The standard InChI is InChI=1S/C7H15N3O3S/c8-9-13-7(11)1-2-10-3-5-14(12)6-4-10/h9H,1-6,8H2. The minimum absolute atomic E-state index is 0.302. The summed E-state index contributed by atoms with van der Waals surface area (Å²) in [5, 5.41) is 0. The maximum Gasteiger partial charge on any atom is 0.327 e. The Morgan fingerprint density at radius 3 is 2.71 bits per heavy atom. The van der Waals surface area contributed by atoms with Crippen LogP contribution in [0.2, 0.25) is 0 Å². The Hall–Kier alpha value is -0.500. The van der Waals surface area contributed by atoms with Crippen molar-refractivity contribution in [2.24, 2.45) is 5.84 Å². The summed E-state index contributed by atoms with van der Waals surface area (Å²) in [5.74, 6) is 5.83. The highest BCUT2D eigenvalue weighted by Crippen LogP contribution is 2.00. The molecule has 3 N–H and O–H groups in total. The second kappa shape index (κ2) is 6.07. The third-order valence-electron chi connectivity index (χ3n) is 2.08. The first-order chi connectivity index (χ1) is 6.72. The zero-order valence-corrected chi connectivity index (χ0v) is 8.72. The van der Waals surface area contributed by atoms with Crippen molar-refractivity contribution in [2.75, 3.05) is 31.1 Å². The van der Waals surface area contributed by atoms with Gasteiger partial charge in [-0.25, -0.2) is 5.84 Å². The highest BCUT2D eigenvalue weighted by atomic mass is 32.2. The van der Waals surface area contributed by atoms with Gasteiger partial charge in [0, 0.05) is 41.9 Å². The molecule has 1 aliphatic heterocycles. The zero-order valence-electron chi connectivity index (χ0n) is 7.90. The molecule has 0 unspecified atom stereocenters. The van der Waals surface area contributed by atoms with Crippen LogP contribution in [0.5, 0.6) is 0 Å².